The fraction of sp³-hybridized carbons (Fsp3) is 1.00. The maximum atomic E-state index is 5.12. The lowest BCUT2D eigenvalue weighted by atomic mass is 10.4. The van der Waals surface area contributed by atoms with Crippen LogP contribution in [0.15, 0.2) is 0 Å². The smallest absolute Gasteiger partial charge is 0.306 e. The van der Waals surface area contributed by atoms with Crippen molar-refractivity contribution in [3.05, 3.63) is 0 Å². The van der Waals surface area contributed by atoms with Crippen molar-refractivity contribution in [2.45, 2.75) is 12.7 Å². The molecule has 1 rings (SSSR count). The van der Waals surface area contributed by atoms with Gasteiger partial charge in [0, 0.05) is 13.5 Å². The highest BCUT2D eigenvalue weighted by atomic mass is 28.3. The maximum absolute atomic E-state index is 5.12. The minimum atomic E-state index is -0.710. The molecule has 0 spiro atoms. The Kier molecular flexibility index (Phi) is 2.48. The first-order valence-electron chi connectivity index (χ1n) is 2.65. The summed E-state index contributed by atoms with van der Waals surface area (Å²) in [6, 6.07) is 0. The average Bonchev–Trinajstić information content (AvgIpc) is 1.63. The Morgan fingerprint density at radius 1 is 1.75 bits per heavy atom. The van der Waals surface area contributed by atoms with Crippen LogP contribution in [0.4, 0.5) is 0 Å². The molecule has 8 heavy (non-hydrogen) atoms. The fourth-order valence-electron chi connectivity index (χ4n) is 0.489. The third-order valence-corrected chi connectivity index (χ3v) is 1.77. The molecule has 48 valence electrons. The predicted octanol–water partition coefficient (Wildman–Crippen LogP) is -0.605. The van der Waals surface area contributed by atoms with E-state index in [4.69, 9.17) is 13.6 Å². The monoisotopic (exact) mass is 134 g/mol. The molecule has 1 unspecified atom stereocenters. The zero-order valence-corrected chi connectivity index (χ0v) is 6.34. The Hall–Kier alpha value is 0.0969. The van der Waals surface area contributed by atoms with E-state index in [0.29, 0.717) is 0 Å². The normalized spacial score (nSPS) is 28.9. The molecule has 0 radical (unpaired) electrons. The summed E-state index contributed by atoms with van der Waals surface area (Å²) in [7, 11) is 0.947. The van der Waals surface area contributed by atoms with Crippen molar-refractivity contribution in [2.75, 3.05) is 13.7 Å². The van der Waals surface area contributed by atoms with Gasteiger partial charge in [0.2, 0.25) is 0 Å². The second-order valence-corrected chi connectivity index (χ2v) is 2.81. The van der Waals surface area contributed by atoms with Gasteiger partial charge in [-0.05, 0) is 0 Å². The first kappa shape index (κ1) is 6.22. The Morgan fingerprint density at radius 2 is 2.50 bits per heavy atom. The first-order chi connectivity index (χ1) is 3.93. The van der Waals surface area contributed by atoms with Crippen molar-refractivity contribution in [1.29, 1.82) is 0 Å². The van der Waals surface area contributed by atoms with E-state index in [2.05, 4.69) is 0 Å². The van der Waals surface area contributed by atoms with Crippen molar-refractivity contribution in [1.82, 2.24) is 0 Å². The molecule has 0 aliphatic carbocycles. The van der Waals surface area contributed by atoms with Crippen LogP contribution in [0, 0.1) is 0 Å². The largest absolute Gasteiger partial charge is 0.402 e. The highest BCUT2D eigenvalue weighted by Gasteiger charge is 2.17. The van der Waals surface area contributed by atoms with Gasteiger partial charge in [-0.25, -0.2) is 0 Å². The van der Waals surface area contributed by atoms with E-state index in [-0.39, 0.29) is 6.29 Å². The number of rotatable bonds is 3. The molecule has 0 aromatic carbocycles. The predicted molar refractivity (Wildman–Crippen MR) is 31.0 cm³/mol. The Balaban J connectivity index is 1.86. The van der Waals surface area contributed by atoms with Crippen molar-refractivity contribution >= 4 is 10.0 Å². The molecule has 1 saturated heterocycles. The molecule has 1 atom stereocenters. The molecule has 1 aliphatic heterocycles. The summed E-state index contributed by atoms with van der Waals surface area (Å²) in [6.45, 7) is 0.850. The molecule has 0 amide bonds. The summed E-state index contributed by atoms with van der Waals surface area (Å²) < 4.78 is 14.9. The summed E-state index contributed by atoms with van der Waals surface area (Å²) >= 11 is 0. The molecule has 3 nitrogen and oxygen atoms in total. The quantitative estimate of drug-likeness (QED) is 0.482. The zero-order chi connectivity index (χ0) is 5.82. The van der Waals surface area contributed by atoms with E-state index in [0.717, 1.165) is 13.0 Å². The van der Waals surface area contributed by atoms with Crippen LogP contribution in [0.3, 0.4) is 0 Å². The maximum Gasteiger partial charge on any atom is 0.306 e. The van der Waals surface area contributed by atoms with Gasteiger partial charge in [-0.15, -0.1) is 0 Å². The van der Waals surface area contributed by atoms with Crippen molar-refractivity contribution in [3.63, 3.8) is 0 Å². The summed E-state index contributed by atoms with van der Waals surface area (Å²) in [5, 5.41) is 0. The van der Waals surface area contributed by atoms with E-state index in [9.17, 15) is 0 Å². The van der Waals surface area contributed by atoms with E-state index in [1.165, 1.54) is 0 Å². The van der Waals surface area contributed by atoms with Gasteiger partial charge in [-0.3, -0.25) is 0 Å². The summed E-state index contributed by atoms with van der Waals surface area (Å²) in [5.41, 5.74) is 0. The molecule has 1 heterocycles. The lowest BCUT2D eigenvalue weighted by molar-refractivity contribution is -0.170. The van der Waals surface area contributed by atoms with Crippen LogP contribution < -0.4 is 0 Å². The van der Waals surface area contributed by atoms with Gasteiger partial charge in [0.15, 0.2) is 6.29 Å². The van der Waals surface area contributed by atoms with E-state index in [1.807, 2.05) is 0 Å². The molecule has 0 aromatic heterocycles. The van der Waals surface area contributed by atoms with Crippen molar-refractivity contribution in [2.24, 2.45) is 0 Å². The number of ether oxygens (including phenoxy) is 1. The van der Waals surface area contributed by atoms with Gasteiger partial charge in [-0.1, -0.05) is 0 Å². The SMILES string of the molecule is CO[SiH2]OC1CCO1. The standard InChI is InChI=1S/C4H10O3Si/c1-5-8-7-4-2-3-6-4/h4H,2-3,8H2,1H3. The lowest BCUT2D eigenvalue weighted by Crippen LogP contribution is -2.31. The minimum absolute atomic E-state index is 0.0709. The van der Waals surface area contributed by atoms with E-state index >= 15 is 0 Å². The van der Waals surface area contributed by atoms with Gasteiger partial charge in [0.05, 0.1) is 6.61 Å². The van der Waals surface area contributed by atoms with Crippen molar-refractivity contribution in [3.8, 4) is 0 Å². The molecule has 0 saturated carbocycles. The third kappa shape index (κ3) is 1.55. The van der Waals surface area contributed by atoms with Gasteiger partial charge in [0.25, 0.3) is 0 Å². The van der Waals surface area contributed by atoms with E-state index < -0.39 is 10.0 Å². The highest BCUT2D eigenvalue weighted by molar-refractivity contribution is 6.17. The Morgan fingerprint density at radius 3 is 2.88 bits per heavy atom. The molecule has 0 N–H and O–H groups in total. The number of hydrogen-bond donors (Lipinski definition) is 0. The van der Waals surface area contributed by atoms with Gasteiger partial charge >= 0.3 is 10.0 Å². The molecule has 1 aliphatic rings. The van der Waals surface area contributed by atoms with Crippen LogP contribution in [0.25, 0.3) is 0 Å². The van der Waals surface area contributed by atoms with Crippen LogP contribution in [0.1, 0.15) is 6.42 Å². The lowest BCUT2D eigenvalue weighted by Gasteiger charge is -2.25. The van der Waals surface area contributed by atoms with Gasteiger partial charge in [0.1, 0.15) is 0 Å². The second-order valence-electron chi connectivity index (χ2n) is 1.66. The first-order valence-corrected chi connectivity index (χ1v) is 3.81. The highest BCUT2D eigenvalue weighted by Crippen LogP contribution is 2.10. The Bertz CT molecular complexity index is 64.3. The van der Waals surface area contributed by atoms with Crippen LogP contribution in [0.2, 0.25) is 0 Å². The van der Waals surface area contributed by atoms with Crippen LogP contribution in [-0.4, -0.2) is 30.0 Å². The van der Waals surface area contributed by atoms with Gasteiger partial charge in [-0.2, -0.15) is 0 Å². The minimum Gasteiger partial charge on any atom is -0.402 e. The summed E-state index contributed by atoms with van der Waals surface area (Å²) in [5.74, 6) is 0. The zero-order valence-electron chi connectivity index (χ0n) is 4.92. The molecule has 4 heteroatoms. The second kappa shape index (κ2) is 3.19. The summed E-state index contributed by atoms with van der Waals surface area (Å²) in [4.78, 5) is 0. The van der Waals surface area contributed by atoms with E-state index in [1.54, 1.807) is 7.11 Å². The Labute approximate surface area is 51.0 Å². The van der Waals surface area contributed by atoms with Crippen LogP contribution in [-0.2, 0) is 13.6 Å². The average molecular weight is 134 g/mol. The molecule has 0 bridgehead atoms. The van der Waals surface area contributed by atoms with Crippen LogP contribution >= 0.6 is 0 Å². The topological polar surface area (TPSA) is 27.7 Å². The van der Waals surface area contributed by atoms with Crippen molar-refractivity contribution < 1.29 is 13.6 Å². The van der Waals surface area contributed by atoms with Gasteiger partial charge < -0.3 is 13.6 Å². The molecule has 0 aromatic rings. The van der Waals surface area contributed by atoms with Crippen LogP contribution in [0.5, 0.6) is 0 Å². The summed E-state index contributed by atoms with van der Waals surface area (Å²) in [6.07, 6.45) is 1.11. The molecular weight excluding hydrogens is 124 g/mol. The molecule has 1 fully saturated rings. The molecular formula is C4H10O3Si. The third-order valence-electron chi connectivity index (χ3n) is 1.03. The number of hydrogen-bond acceptors (Lipinski definition) is 3. The fourth-order valence-corrected chi connectivity index (χ4v) is 1.04.